The Balaban J connectivity index is 1.04. The Bertz CT molecular complexity index is 6460. The van der Waals surface area contributed by atoms with Crippen LogP contribution in [0, 0.1) is 0 Å². The minimum absolute atomic E-state index is 0.0490. The predicted molar refractivity (Wildman–Crippen MR) is 439 cm³/mol. The molecule has 504 valence electrons. The maximum Gasteiger partial charge on any atom is 0.252 e. The van der Waals surface area contributed by atoms with E-state index in [2.05, 4.69) is 204 Å². The van der Waals surface area contributed by atoms with Crippen LogP contribution >= 0.6 is 0 Å². The van der Waals surface area contributed by atoms with Crippen molar-refractivity contribution >= 4 is 101 Å². The third-order valence-corrected chi connectivity index (χ3v) is 21.6. The fourth-order valence-electron chi connectivity index (χ4n) is 16.1. The summed E-state index contributed by atoms with van der Waals surface area (Å²) in [5, 5.41) is -0.284. The topological polar surface area (TPSA) is 25.6 Å². The molecule has 0 fully saturated rings. The Morgan fingerprint density at radius 2 is 0.709 bits per heavy atom. The molecular weight excluding hydrogens is 1250 g/mol. The summed E-state index contributed by atoms with van der Waals surface area (Å²) in [6.45, 7) is 30.2. The molecule has 0 saturated carbocycles. The minimum Gasteiger partial charge on any atom is -0.457 e. The normalized spacial score (nSPS) is 16.2. The molecule has 103 heavy (non-hydrogen) atoms. The van der Waals surface area contributed by atoms with Crippen LogP contribution in [-0.4, -0.2) is 15.8 Å². The number of ether oxygens (including phenoxy) is 1. The predicted octanol–water partition coefficient (Wildman–Crippen LogP) is 24.6. The zero-order valence-corrected chi connectivity index (χ0v) is 60.5. The number of hydrogen-bond acceptors (Lipinski definition) is 3. The van der Waals surface area contributed by atoms with Crippen LogP contribution < -0.4 is 30.9 Å². The minimum atomic E-state index is -0.757. The zero-order chi connectivity index (χ0) is 84.9. The molecule has 5 nitrogen and oxygen atoms in total. The van der Waals surface area contributed by atoms with Crippen molar-refractivity contribution in [3.63, 3.8) is 0 Å². The van der Waals surface area contributed by atoms with Gasteiger partial charge in [-0.2, -0.15) is 0 Å². The molecule has 0 aliphatic carbocycles. The molecule has 0 unspecified atom stereocenters. The second kappa shape index (κ2) is 23.0. The van der Waals surface area contributed by atoms with Gasteiger partial charge in [0.05, 0.1) is 55.4 Å². The Hall–Kier alpha value is -11.1. The maximum absolute atomic E-state index is 9.85. The number of rotatable bonds is 7. The Labute approximate surface area is 629 Å². The van der Waals surface area contributed by atoms with Gasteiger partial charge in [0.15, 0.2) is 0 Å². The van der Waals surface area contributed by atoms with Crippen molar-refractivity contribution in [2.75, 3.05) is 9.80 Å². The first kappa shape index (κ1) is 48.7. The van der Waals surface area contributed by atoms with Crippen molar-refractivity contribution in [2.45, 2.75) is 124 Å². The molecule has 2 aromatic heterocycles. The molecule has 0 N–H and O–H groups in total. The van der Waals surface area contributed by atoms with Crippen LogP contribution in [0.1, 0.15) is 152 Å². The van der Waals surface area contributed by atoms with E-state index in [9.17, 15) is 16.4 Å². The van der Waals surface area contributed by atoms with E-state index in [1.807, 2.05) is 78.9 Å². The summed E-state index contributed by atoms with van der Waals surface area (Å²) in [4.78, 5) is 4.56. The van der Waals surface area contributed by atoms with E-state index in [0.717, 1.165) is 100 Å². The monoisotopic (exact) mass is 1350 g/mol. The summed E-state index contributed by atoms with van der Waals surface area (Å²) in [6.07, 6.45) is 0. The number of fused-ring (bicyclic) bond motifs is 12. The molecule has 13 aromatic carbocycles. The number of anilines is 6. The van der Waals surface area contributed by atoms with Crippen LogP contribution in [0.15, 0.2) is 273 Å². The van der Waals surface area contributed by atoms with Crippen molar-refractivity contribution in [3.05, 3.63) is 306 Å². The number of benzene rings is 13. The van der Waals surface area contributed by atoms with Crippen LogP contribution in [0.3, 0.4) is 0 Å². The molecular formula is C97H87BN4O. The summed E-state index contributed by atoms with van der Waals surface area (Å²) >= 11 is 0. The highest BCUT2D eigenvalue weighted by atomic mass is 16.5. The lowest BCUT2D eigenvalue weighted by Crippen LogP contribution is -2.61. The first-order valence-corrected chi connectivity index (χ1v) is 35.5. The molecule has 0 amide bonds. The SMILES string of the molecule is [2H]c1c([2H])c([2H])c2c(c1[2H])c1c([2H])c([2H])c([2H])c([2H])c1n2-c1ccc2c(c1)N(c1ccccc1-c1cc(C(C)(C)C)cc(C(C)(C)C)c1)c1cc(-c3ccc4c(c3)Oc3ccccc3C4(C)C)cc3c1B2c1ccc(-n2c4c([2H])c([2H])c([2H])c([2H])c4c4c([2H])c([2H])c([2H])c([2H])c42)cc1N3c1ccccc1-c1cc(C(C)(C)C)cc(C(C)(C)C)c1. The Morgan fingerprint density at radius 3 is 1.13 bits per heavy atom. The van der Waals surface area contributed by atoms with Gasteiger partial charge in [0.25, 0.3) is 6.71 Å². The molecule has 18 rings (SSSR count). The summed E-state index contributed by atoms with van der Waals surface area (Å²) < 4.78 is 161. The van der Waals surface area contributed by atoms with Crippen LogP contribution in [0.25, 0.3) is 88.4 Å². The average molecular weight is 1350 g/mol. The van der Waals surface area contributed by atoms with Crippen molar-refractivity contribution < 1.29 is 26.7 Å². The van der Waals surface area contributed by atoms with Gasteiger partial charge in [-0.05, 0) is 167 Å². The average Bonchev–Trinajstić information content (AvgIpc) is 1.14. The van der Waals surface area contributed by atoms with Crippen LogP contribution in [0.5, 0.6) is 11.5 Å². The van der Waals surface area contributed by atoms with Crippen molar-refractivity contribution in [2.24, 2.45) is 0 Å². The van der Waals surface area contributed by atoms with Crippen molar-refractivity contribution in [1.82, 2.24) is 9.13 Å². The van der Waals surface area contributed by atoms with E-state index in [4.69, 9.17) is 10.2 Å². The number of hydrogen-bond donors (Lipinski definition) is 0. The number of nitrogens with zero attached hydrogens (tertiary/aromatic N) is 4. The Kier molecular flexibility index (Phi) is 10.9. The highest BCUT2D eigenvalue weighted by molar-refractivity contribution is 7.00. The van der Waals surface area contributed by atoms with Gasteiger partial charge in [0, 0.05) is 83.3 Å². The van der Waals surface area contributed by atoms with Gasteiger partial charge in [-0.15, -0.1) is 0 Å². The van der Waals surface area contributed by atoms with Gasteiger partial charge < -0.3 is 23.7 Å². The van der Waals surface area contributed by atoms with E-state index in [0.29, 0.717) is 39.9 Å². The molecule has 0 atom stereocenters. The van der Waals surface area contributed by atoms with E-state index >= 15 is 0 Å². The molecule has 6 heteroatoms. The molecule has 3 aliphatic rings. The summed E-state index contributed by atoms with van der Waals surface area (Å²) in [5.74, 6) is 1.39. The number of aromatic nitrogens is 2. The van der Waals surface area contributed by atoms with Gasteiger partial charge in [0.2, 0.25) is 0 Å². The molecule has 15 aromatic rings. The van der Waals surface area contributed by atoms with Crippen molar-refractivity contribution in [1.29, 1.82) is 0 Å². The molecule has 0 saturated heterocycles. The first-order chi connectivity index (χ1) is 56.0. The third-order valence-electron chi connectivity index (χ3n) is 21.6. The maximum atomic E-state index is 9.85. The summed E-state index contributed by atoms with van der Waals surface area (Å²) in [6, 6.07) is 52.8. The number of para-hydroxylation sites is 7. The van der Waals surface area contributed by atoms with Crippen LogP contribution in [0.2, 0.25) is 0 Å². The molecule has 0 radical (unpaired) electrons. The largest absolute Gasteiger partial charge is 0.457 e. The van der Waals surface area contributed by atoms with Crippen LogP contribution in [0.4, 0.5) is 34.1 Å². The fourth-order valence-corrected chi connectivity index (χ4v) is 16.1. The molecule has 3 aliphatic heterocycles. The smallest absolute Gasteiger partial charge is 0.252 e. The van der Waals surface area contributed by atoms with Gasteiger partial charge in [-0.3, -0.25) is 0 Å². The van der Waals surface area contributed by atoms with Gasteiger partial charge in [-0.1, -0.05) is 285 Å². The third kappa shape index (κ3) is 10.2. The van der Waals surface area contributed by atoms with E-state index < -0.39 is 109 Å². The van der Waals surface area contributed by atoms with Crippen LogP contribution in [-0.2, 0) is 27.1 Å². The zero-order valence-electron chi connectivity index (χ0n) is 76.5. The lowest BCUT2D eigenvalue weighted by molar-refractivity contribution is 0.418. The highest BCUT2D eigenvalue weighted by Crippen LogP contribution is 2.54. The second-order valence-corrected chi connectivity index (χ2v) is 32.7. The summed E-state index contributed by atoms with van der Waals surface area (Å²) in [7, 11) is 0. The van der Waals surface area contributed by atoms with E-state index in [1.54, 1.807) is 9.13 Å². The van der Waals surface area contributed by atoms with Gasteiger partial charge in [0.1, 0.15) is 11.5 Å². The molecule has 0 bridgehead atoms. The second-order valence-electron chi connectivity index (χ2n) is 32.7. The van der Waals surface area contributed by atoms with Gasteiger partial charge in [-0.25, -0.2) is 0 Å². The lowest BCUT2D eigenvalue weighted by atomic mass is 9.33. The fraction of sp³-hybridized carbons (Fsp3) is 0.196. The lowest BCUT2D eigenvalue weighted by Gasteiger charge is -2.45. The first-order valence-electron chi connectivity index (χ1n) is 43.5. The van der Waals surface area contributed by atoms with Gasteiger partial charge >= 0.3 is 0 Å². The summed E-state index contributed by atoms with van der Waals surface area (Å²) in [5.41, 5.74) is 16.8. The standard InChI is InChI=1S/C97H87BN4O/c1-93(2,3)64-49-62(50-65(56-64)94(4,5)6)70-29-15-22-36-80(70)101-86-58-68(99-82-38-24-17-31-72(82)73-32-18-25-39-83(73)99)44-47-78(86)98-79-48-45-69(100-84-40-26-19-33-74(84)75-34-20-27-41-85(75)100)59-87(79)102(81-37-23-16-30-71(81)63-51-66(95(7,8)9)57-67(52-63)96(10,11)12)89-54-61(53-88(101)92(89)98)60-43-46-77-91(55-60)103-90-42-28-21-35-76(90)97(77,13)14/h15-59H,1-14H3/i17D,18D,19D,20D,24D,25D,26D,27D,31D,32D,33D,34D,38D,39D,40D,41D. The molecule has 0 spiro atoms. The highest BCUT2D eigenvalue weighted by Gasteiger charge is 2.46. The Morgan fingerprint density at radius 1 is 0.330 bits per heavy atom. The quantitative estimate of drug-likeness (QED) is 0.149. The van der Waals surface area contributed by atoms with E-state index in [1.165, 1.54) is 0 Å². The molecule has 5 heterocycles. The van der Waals surface area contributed by atoms with E-state index in [-0.39, 0.29) is 65.3 Å². The van der Waals surface area contributed by atoms with Crippen molar-refractivity contribution in [3.8, 4) is 56.3 Å².